The van der Waals surface area contributed by atoms with Gasteiger partial charge in [-0.2, -0.15) is 0 Å². The van der Waals surface area contributed by atoms with E-state index in [4.69, 9.17) is 9.47 Å². The highest BCUT2D eigenvalue weighted by Gasteiger charge is 2.39. The van der Waals surface area contributed by atoms with E-state index < -0.39 is 29.2 Å². The van der Waals surface area contributed by atoms with Gasteiger partial charge in [0.05, 0.1) is 6.61 Å². The van der Waals surface area contributed by atoms with Crippen molar-refractivity contribution in [2.75, 3.05) is 13.2 Å². The first-order valence-corrected chi connectivity index (χ1v) is 8.43. The Morgan fingerprint density at radius 2 is 1.96 bits per heavy atom. The van der Waals surface area contributed by atoms with Crippen LogP contribution in [0.3, 0.4) is 0 Å². The molecule has 0 spiro atoms. The summed E-state index contributed by atoms with van der Waals surface area (Å²) in [6.07, 6.45) is 1.39. The Hall–Kier alpha value is -1.79. The van der Waals surface area contributed by atoms with Crippen LogP contribution in [0.25, 0.3) is 0 Å². The van der Waals surface area contributed by atoms with Gasteiger partial charge in [-0.1, -0.05) is 0 Å². The van der Waals surface area contributed by atoms with Crippen LogP contribution in [0, 0.1) is 0 Å². The van der Waals surface area contributed by atoms with Crippen molar-refractivity contribution in [3.8, 4) is 0 Å². The molecule has 1 N–H and O–H groups in total. The molecule has 0 aromatic heterocycles. The third-order valence-electron chi connectivity index (χ3n) is 3.86. The van der Waals surface area contributed by atoms with E-state index >= 15 is 0 Å². The highest BCUT2D eigenvalue weighted by atomic mass is 16.6. The van der Waals surface area contributed by atoms with Crippen LogP contribution in [0.15, 0.2) is 0 Å². The molecule has 1 rings (SSSR count). The second-order valence-corrected chi connectivity index (χ2v) is 7.63. The topological polar surface area (TPSA) is 84.9 Å². The Labute approximate surface area is 144 Å². The molecule has 0 radical (unpaired) electrons. The SMILES string of the molecule is CCOC(=O)CN1C(=O)C(NC(=O)OC(C)(C)C)CCCC1(C)C. The highest BCUT2D eigenvalue weighted by Crippen LogP contribution is 2.27. The molecule has 1 aliphatic heterocycles. The van der Waals surface area contributed by atoms with Crippen LogP contribution in [0.4, 0.5) is 4.79 Å². The average molecular weight is 342 g/mol. The molecule has 1 aliphatic rings. The van der Waals surface area contributed by atoms with E-state index in [2.05, 4.69) is 5.32 Å². The van der Waals surface area contributed by atoms with Gasteiger partial charge in [-0.25, -0.2) is 4.79 Å². The van der Waals surface area contributed by atoms with Crippen molar-refractivity contribution in [3.63, 3.8) is 0 Å². The molecule has 0 aromatic rings. The molecule has 1 heterocycles. The first-order valence-electron chi connectivity index (χ1n) is 8.43. The molecule has 1 unspecified atom stereocenters. The van der Waals surface area contributed by atoms with E-state index in [1.165, 1.54) is 4.90 Å². The second kappa shape index (κ2) is 7.85. The number of carbonyl (C=O) groups is 3. The number of hydrogen-bond donors (Lipinski definition) is 1. The van der Waals surface area contributed by atoms with Crippen LogP contribution >= 0.6 is 0 Å². The summed E-state index contributed by atoms with van der Waals surface area (Å²) < 4.78 is 10.2. The lowest BCUT2D eigenvalue weighted by Crippen LogP contribution is -2.55. The summed E-state index contributed by atoms with van der Waals surface area (Å²) >= 11 is 0. The van der Waals surface area contributed by atoms with E-state index in [9.17, 15) is 14.4 Å². The summed E-state index contributed by atoms with van der Waals surface area (Å²) in [4.78, 5) is 38.2. The zero-order valence-electron chi connectivity index (χ0n) is 15.6. The number of rotatable bonds is 4. The minimum Gasteiger partial charge on any atom is -0.465 e. The minimum absolute atomic E-state index is 0.119. The Morgan fingerprint density at radius 3 is 2.50 bits per heavy atom. The highest BCUT2D eigenvalue weighted by molar-refractivity contribution is 5.89. The third-order valence-corrected chi connectivity index (χ3v) is 3.86. The number of hydrogen-bond acceptors (Lipinski definition) is 5. The lowest BCUT2D eigenvalue weighted by atomic mass is 9.97. The summed E-state index contributed by atoms with van der Waals surface area (Å²) in [5.74, 6) is -0.728. The minimum atomic E-state index is -0.698. The van der Waals surface area contributed by atoms with Gasteiger partial charge in [0.25, 0.3) is 0 Å². The Balaban J connectivity index is 2.86. The van der Waals surface area contributed by atoms with Crippen molar-refractivity contribution in [2.24, 2.45) is 0 Å². The molecular weight excluding hydrogens is 312 g/mol. The molecule has 7 heteroatoms. The molecule has 1 atom stereocenters. The van der Waals surface area contributed by atoms with Crippen LogP contribution in [0.2, 0.25) is 0 Å². The van der Waals surface area contributed by atoms with Crippen LogP contribution in [-0.4, -0.2) is 53.2 Å². The molecule has 1 saturated heterocycles. The van der Waals surface area contributed by atoms with Gasteiger partial charge < -0.3 is 19.7 Å². The summed E-state index contributed by atoms with van der Waals surface area (Å²) in [6, 6.07) is -0.698. The maximum Gasteiger partial charge on any atom is 0.408 e. The van der Waals surface area contributed by atoms with Gasteiger partial charge in [0.15, 0.2) is 0 Å². The monoisotopic (exact) mass is 342 g/mol. The number of esters is 1. The maximum atomic E-state index is 12.8. The van der Waals surface area contributed by atoms with Gasteiger partial charge in [0, 0.05) is 5.54 Å². The zero-order chi connectivity index (χ0) is 18.5. The second-order valence-electron chi connectivity index (χ2n) is 7.63. The van der Waals surface area contributed by atoms with E-state index in [1.807, 2.05) is 13.8 Å². The number of alkyl carbamates (subject to hydrolysis) is 1. The number of likely N-dealkylation sites (tertiary alicyclic amines) is 1. The van der Waals surface area contributed by atoms with Gasteiger partial charge in [0.1, 0.15) is 18.2 Å². The fourth-order valence-corrected chi connectivity index (χ4v) is 2.70. The van der Waals surface area contributed by atoms with Crippen LogP contribution < -0.4 is 5.32 Å². The van der Waals surface area contributed by atoms with Crippen molar-refractivity contribution >= 4 is 18.0 Å². The summed E-state index contributed by atoms with van der Waals surface area (Å²) in [7, 11) is 0. The molecular formula is C17H30N2O5. The normalized spacial score (nSPS) is 21.0. The molecule has 138 valence electrons. The predicted molar refractivity (Wildman–Crippen MR) is 89.4 cm³/mol. The number of amides is 2. The summed E-state index contributed by atoms with van der Waals surface area (Å²) in [5, 5.41) is 2.63. The first-order chi connectivity index (χ1) is 11.0. The van der Waals surface area contributed by atoms with Gasteiger partial charge in [0.2, 0.25) is 5.91 Å². The summed E-state index contributed by atoms with van der Waals surface area (Å²) in [5.41, 5.74) is -1.12. The van der Waals surface area contributed by atoms with E-state index in [0.717, 1.165) is 12.8 Å². The Morgan fingerprint density at radius 1 is 1.33 bits per heavy atom. The number of nitrogens with zero attached hydrogens (tertiary/aromatic N) is 1. The average Bonchev–Trinajstić information content (AvgIpc) is 2.49. The van der Waals surface area contributed by atoms with Gasteiger partial charge in [-0.05, 0) is 60.8 Å². The fraction of sp³-hybridized carbons (Fsp3) is 0.824. The molecule has 0 saturated carbocycles. The van der Waals surface area contributed by atoms with Crippen LogP contribution in [0.5, 0.6) is 0 Å². The standard InChI is InChI=1S/C17H30N2O5/c1-7-23-13(20)11-19-14(21)12(9-8-10-17(19,5)6)18-15(22)24-16(2,3)4/h12H,7-11H2,1-6H3,(H,18,22). The van der Waals surface area contributed by atoms with Crippen molar-refractivity contribution in [3.05, 3.63) is 0 Å². The van der Waals surface area contributed by atoms with Crippen LogP contribution in [-0.2, 0) is 19.1 Å². The fourth-order valence-electron chi connectivity index (χ4n) is 2.70. The van der Waals surface area contributed by atoms with E-state index in [-0.39, 0.29) is 19.1 Å². The van der Waals surface area contributed by atoms with E-state index in [0.29, 0.717) is 6.42 Å². The van der Waals surface area contributed by atoms with Crippen molar-refractivity contribution in [1.82, 2.24) is 10.2 Å². The van der Waals surface area contributed by atoms with Crippen molar-refractivity contribution in [1.29, 1.82) is 0 Å². The smallest absolute Gasteiger partial charge is 0.408 e. The predicted octanol–water partition coefficient (Wildman–Crippen LogP) is 2.23. The molecule has 1 fully saturated rings. The number of carbonyl (C=O) groups excluding carboxylic acids is 3. The number of nitrogens with one attached hydrogen (secondary N) is 1. The lowest BCUT2D eigenvalue weighted by Gasteiger charge is -2.37. The lowest BCUT2D eigenvalue weighted by molar-refractivity contribution is -0.153. The van der Waals surface area contributed by atoms with Crippen molar-refractivity contribution < 1.29 is 23.9 Å². The third kappa shape index (κ3) is 6.02. The zero-order valence-corrected chi connectivity index (χ0v) is 15.6. The molecule has 0 aromatic carbocycles. The van der Waals surface area contributed by atoms with Crippen molar-refractivity contribution in [2.45, 2.75) is 78.0 Å². The van der Waals surface area contributed by atoms with Gasteiger partial charge in [-0.15, -0.1) is 0 Å². The Kier molecular flexibility index (Phi) is 6.63. The molecule has 24 heavy (non-hydrogen) atoms. The number of ether oxygens (including phenoxy) is 2. The molecule has 2 amide bonds. The van der Waals surface area contributed by atoms with Gasteiger partial charge in [-0.3, -0.25) is 9.59 Å². The Bertz CT molecular complexity index is 482. The maximum absolute atomic E-state index is 12.8. The van der Waals surface area contributed by atoms with E-state index in [1.54, 1.807) is 27.7 Å². The largest absolute Gasteiger partial charge is 0.465 e. The van der Waals surface area contributed by atoms with Crippen LogP contribution in [0.1, 0.15) is 60.8 Å². The van der Waals surface area contributed by atoms with Gasteiger partial charge >= 0.3 is 12.1 Å². The quantitative estimate of drug-likeness (QED) is 0.792. The molecule has 0 bridgehead atoms. The molecule has 7 nitrogen and oxygen atoms in total. The first kappa shape index (κ1) is 20.3. The summed E-state index contributed by atoms with van der Waals surface area (Å²) in [6.45, 7) is 11.0. The molecule has 0 aliphatic carbocycles.